The number of likely N-dealkylation sites (N-methyl/N-ethyl adjacent to an activating group) is 1. The van der Waals surface area contributed by atoms with Gasteiger partial charge in [-0.05, 0) is 55.9 Å². The van der Waals surface area contributed by atoms with Crippen molar-refractivity contribution in [1.82, 2.24) is 4.90 Å². The third-order valence-electron chi connectivity index (χ3n) is 5.94. The molecule has 0 aromatic heterocycles. The summed E-state index contributed by atoms with van der Waals surface area (Å²) in [5.41, 5.74) is -0.212. The molecule has 0 spiro atoms. The fraction of sp³-hybridized carbons (Fsp3) is 0.409. The predicted molar refractivity (Wildman–Crippen MR) is 121 cm³/mol. The number of rotatable bonds is 4. The minimum atomic E-state index is -4.64. The average Bonchev–Trinajstić information content (AvgIpc) is 3.13. The number of hydrogen-bond donors (Lipinski definition) is 1. The highest BCUT2D eigenvalue weighted by Crippen LogP contribution is 2.38. The van der Waals surface area contributed by atoms with Crippen molar-refractivity contribution in [2.24, 2.45) is 0 Å². The molecule has 4 rings (SSSR count). The smallest absolute Gasteiger partial charge is 0.369 e. The van der Waals surface area contributed by atoms with E-state index in [1.807, 2.05) is 11.9 Å². The van der Waals surface area contributed by atoms with Crippen LogP contribution in [0.2, 0.25) is 0 Å². The van der Waals surface area contributed by atoms with Gasteiger partial charge in [0.2, 0.25) is 10.0 Å². The Morgan fingerprint density at radius 1 is 0.939 bits per heavy atom. The first-order valence-corrected chi connectivity index (χ1v) is 12.2. The van der Waals surface area contributed by atoms with E-state index < -0.39 is 27.7 Å². The Kier molecular flexibility index (Phi) is 6.28. The van der Waals surface area contributed by atoms with Gasteiger partial charge in [-0.25, -0.2) is 8.42 Å². The zero-order chi connectivity index (χ0) is 23.8. The van der Waals surface area contributed by atoms with Crippen LogP contribution in [-0.2, 0) is 16.2 Å². The number of alkyl halides is 3. The molecule has 1 N–H and O–H groups in total. The van der Waals surface area contributed by atoms with Gasteiger partial charge in [0.25, 0.3) is 5.91 Å². The van der Waals surface area contributed by atoms with Crippen molar-refractivity contribution in [3.05, 3.63) is 53.6 Å². The largest absolute Gasteiger partial charge is 0.418 e. The Morgan fingerprint density at radius 3 is 2.15 bits per heavy atom. The van der Waals surface area contributed by atoms with E-state index in [4.69, 9.17) is 0 Å². The van der Waals surface area contributed by atoms with Gasteiger partial charge in [-0.2, -0.15) is 13.2 Å². The summed E-state index contributed by atoms with van der Waals surface area (Å²) in [6, 6.07) is 9.71. The van der Waals surface area contributed by atoms with Gasteiger partial charge in [0, 0.05) is 44.0 Å². The number of nitrogens with zero attached hydrogens (tertiary/aromatic N) is 3. The van der Waals surface area contributed by atoms with Gasteiger partial charge in [0.15, 0.2) is 0 Å². The number of carbonyl (C=O) groups excluding carboxylic acids is 1. The van der Waals surface area contributed by atoms with E-state index in [-0.39, 0.29) is 17.0 Å². The maximum atomic E-state index is 13.8. The number of piperazine rings is 1. The van der Waals surface area contributed by atoms with Crippen molar-refractivity contribution >= 4 is 33.0 Å². The molecule has 2 aliphatic rings. The molecule has 0 radical (unpaired) electrons. The van der Waals surface area contributed by atoms with Crippen molar-refractivity contribution in [2.45, 2.75) is 12.6 Å². The van der Waals surface area contributed by atoms with Gasteiger partial charge in [-0.1, -0.05) is 0 Å². The van der Waals surface area contributed by atoms with Crippen LogP contribution in [0.5, 0.6) is 0 Å². The predicted octanol–water partition coefficient (Wildman–Crippen LogP) is 3.25. The minimum absolute atomic E-state index is 0.0690. The highest BCUT2D eigenvalue weighted by molar-refractivity contribution is 7.93. The third kappa shape index (κ3) is 5.09. The molecule has 2 aromatic carbocycles. The molecule has 2 fully saturated rings. The summed E-state index contributed by atoms with van der Waals surface area (Å²) in [6.07, 6.45) is -4.12. The number of anilines is 3. The second-order valence-corrected chi connectivity index (χ2v) is 10.3. The zero-order valence-corrected chi connectivity index (χ0v) is 18.9. The monoisotopic (exact) mass is 482 g/mol. The topological polar surface area (TPSA) is 73.0 Å². The molecule has 7 nitrogen and oxygen atoms in total. The van der Waals surface area contributed by atoms with E-state index in [9.17, 15) is 26.4 Å². The van der Waals surface area contributed by atoms with Gasteiger partial charge in [0.1, 0.15) is 0 Å². The van der Waals surface area contributed by atoms with Gasteiger partial charge < -0.3 is 15.1 Å². The number of sulfonamides is 1. The summed E-state index contributed by atoms with van der Waals surface area (Å²) in [4.78, 5) is 16.7. The van der Waals surface area contributed by atoms with Crippen LogP contribution in [0.3, 0.4) is 0 Å². The summed E-state index contributed by atoms with van der Waals surface area (Å²) in [5.74, 6) is -0.636. The van der Waals surface area contributed by atoms with Crippen molar-refractivity contribution in [2.75, 3.05) is 60.0 Å². The summed E-state index contributed by atoms with van der Waals surface area (Å²) >= 11 is 0. The van der Waals surface area contributed by atoms with Crippen LogP contribution in [0, 0.1) is 0 Å². The summed E-state index contributed by atoms with van der Waals surface area (Å²) in [6.45, 7) is 3.13. The second kappa shape index (κ2) is 8.86. The highest BCUT2D eigenvalue weighted by Gasteiger charge is 2.35. The van der Waals surface area contributed by atoms with Crippen LogP contribution in [-0.4, -0.2) is 64.7 Å². The molecule has 0 saturated carbocycles. The van der Waals surface area contributed by atoms with E-state index in [2.05, 4.69) is 10.2 Å². The van der Waals surface area contributed by atoms with Crippen LogP contribution < -0.4 is 14.5 Å². The Morgan fingerprint density at radius 2 is 1.58 bits per heavy atom. The van der Waals surface area contributed by atoms with E-state index in [1.165, 1.54) is 34.6 Å². The molecule has 0 aliphatic carbocycles. The fourth-order valence-electron chi connectivity index (χ4n) is 4.04. The van der Waals surface area contributed by atoms with Gasteiger partial charge in [-0.15, -0.1) is 0 Å². The lowest BCUT2D eigenvalue weighted by atomic mass is 10.1. The number of nitrogens with one attached hydrogen (secondary N) is 1. The van der Waals surface area contributed by atoms with Crippen LogP contribution in [0.15, 0.2) is 42.5 Å². The molecule has 0 unspecified atom stereocenters. The SMILES string of the molecule is CN1CCN(c2ccc(NC(=O)c3ccc(N4CCCS4(=O)=O)cc3)c(C(F)(F)F)c2)CC1. The highest BCUT2D eigenvalue weighted by atomic mass is 32.2. The maximum Gasteiger partial charge on any atom is 0.418 e. The lowest BCUT2D eigenvalue weighted by Crippen LogP contribution is -2.44. The van der Waals surface area contributed by atoms with E-state index in [0.29, 0.717) is 37.4 Å². The van der Waals surface area contributed by atoms with Crippen molar-refractivity contribution in [3.63, 3.8) is 0 Å². The van der Waals surface area contributed by atoms with Crippen LogP contribution in [0.25, 0.3) is 0 Å². The number of amides is 1. The molecule has 2 aromatic rings. The van der Waals surface area contributed by atoms with Gasteiger partial charge >= 0.3 is 6.18 Å². The molecule has 11 heteroatoms. The standard InChI is InChI=1S/C22H25F3N4O3S/c1-27-10-12-28(13-11-27)18-7-8-20(19(15-18)22(23,24)25)26-21(30)16-3-5-17(6-4-16)29-9-2-14-33(29,31)32/h3-8,15H,2,9-14H2,1H3,(H,26,30). The first-order chi connectivity index (χ1) is 15.5. The molecule has 1 amide bonds. The zero-order valence-electron chi connectivity index (χ0n) is 18.1. The van der Waals surface area contributed by atoms with E-state index in [1.54, 1.807) is 6.07 Å². The summed E-state index contributed by atoms with van der Waals surface area (Å²) in [7, 11) is -1.39. The lowest BCUT2D eigenvalue weighted by Gasteiger charge is -2.34. The Hall–Kier alpha value is -2.79. The number of hydrogen-bond acceptors (Lipinski definition) is 5. The van der Waals surface area contributed by atoms with Crippen molar-refractivity contribution in [1.29, 1.82) is 0 Å². The van der Waals surface area contributed by atoms with Crippen LogP contribution >= 0.6 is 0 Å². The number of halogens is 3. The summed E-state index contributed by atoms with van der Waals surface area (Å²) < 4.78 is 66.7. The average molecular weight is 483 g/mol. The molecule has 33 heavy (non-hydrogen) atoms. The van der Waals surface area contributed by atoms with E-state index in [0.717, 1.165) is 19.2 Å². The molecular formula is C22H25F3N4O3S. The molecule has 0 atom stereocenters. The lowest BCUT2D eigenvalue weighted by molar-refractivity contribution is -0.136. The summed E-state index contributed by atoms with van der Waals surface area (Å²) in [5, 5.41) is 2.36. The molecular weight excluding hydrogens is 457 g/mol. The molecule has 2 aliphatic heterocycles. The Labute approximate surface area is 190 Å². The Balaban J connectivity index is 1.53. The van der Waals surface area contributed by atoms with Crippen LogP contribution in [0.1, 0.15) is 22.3 Å². The first-order valence-electron chi connectivity index (χ1n) is 10.6. The Bertz CT molecular complexity index is 1130. The molecule has 2 heterocycles. The van der Waals surface area contributed by atoms with Crippen LogP contribution in [0.4, 0.5) is 30.2 Å². The minimum Gasteiger partial charge on any atom is -0.369 e. The number of carbonyl (C=O) groups is 1. The maximum absolute atomic E-state index is 13.8. The quantitative estimate of drug-likeness (QED) is 0.725. The molecule has 0 bridgehead atoms. The van der Waals surface area contributed by atoms with Crippen molar-refractivity contribution < 1.29 is 26.4 Å². The number of benzene rings is 2. The second-order valence-electron chi connectivity index (χ2n) is 8.26. The fourth-order valence-corrected chi connectivity index (χ4v) is 5.60. The van der Waals surface area contributed by atoms with E-state index >= 15 is 0 Å². The molecule has 2 saturated heterocycles. The normalized spacial score (nSPS) is 19.0. The molecule has 178 valence electrons. The first kappa shape index (κ1) is 23.4. The van der Waals surface area contributed by atoms with Gasteiger partial charge in [-0.3, -0.25) is 9.10 Å². The van der Waals surface area contributed by atoms with Gasteiger partial charge in [0.05, 0.1) is 22.7 Å². The van der Waals surface area contributed by atoms with Crippen molar-refractivity contribution in [3.8, 4) is 0 Å². The third-order valence-corrected chi connectivity index (χ3v) is 7.81.